The van der Waals surface area contributed by atoms with Gasteiger partial charge in [0.1, 0.15) is 0 Å². The largest absolute Gasteiger partial charge is 0.338 e. The maximum atomic E-state index is 12.0. The van der Waals surface area contributed by atoms with E-state index in [2.05, 4.69) is 33.8 Å². The molecule has 3 rings (SSSR count). The molecule has 1 unspecified atom stereocenters. The summed E-state index contributed by atoms with van der Waals surface area (Å²) >= 11 is 13.0. The molecule has 1 saturated carbocycles. The van der Waals surface area contributed by atoms with Gasteiger partial charge in [-0.1, -0.05) is 35.3 Å². The number of halogens is 2. The highest BCUT2D eigenvalue weighted by Gasteiger charge is 2.35. The molecule has 0 bridgehead atoms. The molecular formula is C22H34Cl2N4O. The topological polar surface area (TPSA) is 56.4 Å². The van der Waals surface area contributed by atoms with Crippen molar-refractivity contribution in [3.63, 3.8) is 0 Å². The molecule has 162 valence electrons. The SMILES string of the molecule is CCNC(=O)NC1(C)CCC(CC(c2cccc(Cl)c2Cl)N2CCNCC2)CC1. The van der Waals surface area contributed by atoms with Crippen molar-refractivity contribution in [3.8, 4) is 0 Å². The van der Waals surface area contributed by atoms with Crippen LogP contribution >= 0.6 is 23.2 Å². The van der Waals surface area contributed by atoms with E-state index in [0.29, 0.717) is 22.5 Å². The highest BCUT2D eigenvalue weighted by Crippen LogP contribution is 2.41. The number of nitrogens with zero attached hydrogens (tertiary/aromatic N) is 1. The van der Waals surface area contributed by atoms with Gasteiger partial charge in [0.05, 0.1) is 10.0 Å². The van der Waals surface area contributed by atoms with E-state index < -0.39 is 0 Å². The molecule has 0 radical (unpaired) electrons. The molecule has 1 aromatic rings. The van der Waals surface area contributed by atoms with Gasteiger partial charge in [-0.05, 0) is 63.5 Å². The number of benzene rings is 1. The van der Waals surface area contributed by atoms with E-state index in [0.717, 1.165) is 63.8 Å². The van der Waals surface area contributed by atoms with Crippen LogP contribution in [-0.2, 0) is 0 Å². The second-order valence-corrected chi connectivity index (χ2v) is 9.45. The van der Waals surface area contributed by atoms with Crippen molar-refractivity contribution in [1.29, 1.82) is 0 Å². The molecule has 1 atom stereocenters. The van der Waals surface area contributed by atoms with Crippen LogP contribution in [0.4, 0.5) is 4.79 Å². The van der Waals surface area contributed by atoms with Crippen LogP contribution in [0.5, 0.6) is 0 Å². The fraction of sp³-hybridized carbons (Fsp3) is 0.682. The Bertz CT molecular complexity index is 685. The fourth-order valence-corrected chi connectivity index (χ4v) is 5.15. The summed E-state index contributed by atoms with van der Waals surface area (Å²) < 4.78 is 0. The third-order valence-corrected chi connectivity index (χ3v) is 7.28. The number of hydrogen-bond acceptors (Lipinski definition) is 3. The lowest BCUT2D eigenvalue weighted by atomic mass is 9.75. The number of urea groups is 1. The molecule has 2 aliphatic rings. The summed E-state index contributed by atoms with van der Waals surface area (Å²) in [6, 6.07) is 6.23. The van der Waals surface area contributed by atoms with Crippen molar-refractivity contribution in [3.05, 3.63) is 33.8 Å². The Morgan fingerprint density at radius 3 is 2.62 bits per heavy atom. The molecule has 2 amide bonds. The molecule has 1 saturated heterocycles. The van der Waals surface area contributed by atoms with Crippen molar-refractivity contribution in [2.24, 2.45) is 5.92 Å². The molecule has 2 fully saturated rings. The number of carbonyl (C=O) groups excluding carboxylic acids is 1. The predicted molar refractivity (Wildman–Crippen MR) is 121 cm³/mol. The molecule has 1 aromatic carbocycles. The Hall–Kier alpha value is -1.01. The molecule has 29 heavy (non-hydrogen) atoms. The fourth-order valence-electron chi connectivity index (χ4n) is 4.71. The highest BCUT2D eigenvalue weighted by atomic mass is 35.5. The first kappa shape index (κ1) is 22.7. The standard InChI is InChI=1S/C22H34Cl2N4O/c1-3-26-21(29)27-22(2)9-7-16(8-10-22)15-19(28-13-11-25-12-14-28)17-5-4-6-18(23)20(17)24/h4-6,16,19,25H,3,7-15H2,1-2H3,(H2,26,27,29). The van der Waals surface area contributed by atoms with Crippen LogP contribution < -0.4 is 16.0 Å². The monoisotopic (exact) mass is 440 g/mol. The van der Waals surface area contributed by atoms with E-state index in [9.17, 15) is 4.79 Å². The summed E-state index contributed by atoms with van der Waals surface area (Å²) in [6.07, 6.45) is 5.32. The van der Waals surface area contributed by atoms with Crippen molar-refractivity contribution in [1.82, 2.24) is 20.9 Å². The van der Waals surface area contributed by atoms with Gasteiger partial charge in [0, 0.05) is 44.3 Å². The smallest absolute Gasteiger partial charge is 0.315 e. The lowest BCUT2D eigenvalue weighted by Crippen LogP contribution is -2.52. The zero-order valence-electron chi connectivity index (χ0n) is 17.6. The maximum Gasteiger partial charge on any atom is 0.315 e. The van der Waals surface area contributed by atoms with Gasteiger partial charge >= 0.3 is 6.03 Å². The van der Waals surface area contributed by atoms with Gasteiger partial charge in [0.15, 0.2) is 0 Å². The minimum absolute atomic E-state index is 0.0575. The minimum Gasteiger partial charge on any atom is -0.338 e. The second kappa shape index (κ2) is 10.3. The molecule has 1 aliphatic carbocycles. The van der Waals surface area contributed by atoms with Crippen LogP contribution in [0.15, 0.2) is 18.2 Å². The lowest BCUT2D eigenvalue weighted by Gasteiger charge is -2.41. The second-order valence-electron chi connectivity index (χ2n) is 8.67. The van der Waals surface area contributed by atoms with Gasteiger partial charge in [0.25, 0.3) is 0 Å². The Kier molecular flexibility index (Phi) is 8.08. The third-order valence-electron chi connectivity index (χ3n) is 6.45. The average molecular weight is 441 g/mol. The highest BCUT2D eigenvalue weighted by molar-refractivity contribution is 6.42. The number of rotatable bonds is 6. The van der Waals surface area contributed by atoms with E-state index in [1.54, 1.807) is 0 Å². The molecule has 3 N–H and O–H groups in total. The Labute approximate surface area is 184 Å². The Balaban J connectivity index is 1.67. The molecule has 1 heterocycles. The summed E-state index contributed by atoms with van der Waals surface area (Å²) in [5.74, 6) is 0.619. The van der Waals surface area contributed by atoms with Crippen LogP contribution in [0.25, 0.3) is 0 Å². The van der Waals surface area contributed by atoms with Crippen molar-refractivity contribution < 1.29 is 4.79 Å². The molecule has 7 heteroatoms. The molecule has 5 nitrogen and oxygen atoms in total. The average Bonchev–Trinajstić information content (AvgIpc) is 2.71. The summed E-state index contributed by atoms with van der Waals surface area (Å²) in [7, 11) is 0. The van der Waals surface area contributed by atoms with Crippen LogP contribution in [0.2, 0.25) is 10.0 Å². The number of amides is 2. The zero-order valence-corrected chi connectivity index (χ0v) is 19.1. The summed E-state index contributed by atoms with van der Waals surface area (Å²) in [4.78, 5) is 14.5. The zero-order chi connectivity index (χ0) is 20.9. The first-order chi connectivity index (χ1) is 13.9. The lowest BCUT2D eigenvalue weighted by molar-refractivity contribution is 0.124. The van der Waals surface area contributed by atoms with Gasteiger partial charge in [0.2, 0.25) is 0 Å². The van der Waals surface area contributed by atoms with Crippen molar-refractivity contribution >= 4 is 29.2 Å². The number of carbonyl (C=O) groups is 1. The maximum absolute atomic E-state index is 12.0. The van der Waals surface area contributed by atoms with Gasteiger partial charge < -0.3 is 16.0 Å². The Morgan fingerprint density at radius 2 is 1.97 bits per heavy atom. The molecule has 0 aromatic heterocycles. The van der Waals surface area contributed by atoms with Gasteiger partial charge in [-0.25, -0.2) is 4.79 Å². The van der Waals surface area contributed by atoms with E-state index in [1.807, 2.05) is 19.1 Å². The third kappa shape index (κ3) is 6.00. The van der Waals surface area contributed by atoms with Gasteiger partial charge in [-0.15, -0.1) is 0 Å². The van der Waals surface area contributed by atoms with Gasteiger partial charge in [-0.3, -0.25) is 4.90 Å². The molecule has 1 aliphatic heterocycles. The normalized spacial score (nSPS) is 26.7. The number of piperazine rings is 1. The minimum atomic E-state index is -0.117. The number of hydrogen-bond donors (Lipinski definition) is 3. The first-order valence-corrected chi connectivity index (χ1v) is 11.6. The quantitative estimate of drug-likeness (QED) is 0.605. The van der Waals surface area contributed by atoms with Gasteiger partial charge in [-0.2, -0.15) is 0 Å². The summed E-state index contributed by atoms with van der Waals surface area (Å²) in [5.41, 5.74) is 1.03. The van der Waals surface area contributed by atoms with Crippen LogP contribution in [0, 0.1) is 5.92 Å². The van der Waals surface area contributed by atoms with E-state index in [1.165, 1.54) is 0 Å². The van der Waals surface area contributed by atoms with E-state index in [4.69, 9.17) is 23.2 Å². The van der Waals surface area contributed by atoms with Crippen molar-refractivity contribution in [2.45, 2.75) is 57.5 Å². The van der Waals surface area contributed by atoms with E-state index >= 15 is 0 Å². The predicted octanol–water partition coefficient (Wildman–Crippen LogP) is 4.60. The number of nitrogens with one attached hydrogen (secondary N) is 3. The first-order valence-electron chi connectivity index (χ1n) is 10.9. The molecule has 0 spiro atoms. The van der Waals surface area contributed by atoms with E-state index in [-0.39, 0.29) is 17.6 Å². The Morgan fingerprint density at radius 1 is 1.28 bits per heavy atom. The molecular weight excluding hydrogens is 407 g/mol. The van der Waals surface area contributed by atoms with Crippen LogP contribution in [-0.4, -0.2) is 49.2 Å². The summed E-state index contributed by atoms with van der Waals surface area (Å²) in [5, 5.41) is 10.8. The summed E-state index contributed by atoms with van der Waals surface area (Å²) in [6.45, 7) is 8.82. The van der Waals surface area contributed by atoms with Crippen LogP contribution in [0.3, 0.4) is 0 Å². The van der Waals surface area contributed by atoms with Crippen molar-refractivity contribution in [2.75, 3.05) is 32.7 Å². The van der Waals surface area contributed by atoms with Crippen LogP contribution in [0.1, 0.15) is 57.6 Å².